The summed E-state index contributed by atoms with van der Waals surface area (Å²) in [6.45, 7) is 4.97. The van der Waals surface area contributed by atoms with Gasteiger partial charge in [0.1, 0.15) is 0 Å². The number of benzene rings is 1. The summed E-state index contributed by atoms with van der Waals surface area (Å²) in [7, 11) is 0. The zero-order chi connectivity index (χ0) is 18.2. The fourth-order valence-electron chi connectivity index (χ4n) is 2.63. The number of rotatable bonds is 3. The summed E-state index contributed by atoms with van der Waals surface area (Å²) < 4.78 is 45.6. The van der Waals surface area contributed by atoms with Crippen LogP contribution in [0.1, 0.15) is 33.6 Å². The van der Waals surface area contributed by atoms with Crippen molar-refractivity contribution in [3.8, 4) is 0 Å². The van der Waals surface area contributed by atoms with Gasteiger partial charge in [-0.25, -0.2) is 0 Å². The summed E-state index contributed by atoms with van der Waals surface area (Å²) in [5.41, 5.74) is -3.30. The van der Waals surface area contributed by atoms with Gasteiger partial charge in [0.05, 0.1) is 6.42 Å². The summed E-state index contributed by atoms with van der Waals surface area (Å²) in [5.74, 6) is -2.27. The summed E-state index contributed by atoms with van der Waals surface area (Å²) in [5, 5.41) is 0. The van der Waals surface area contributed by atoms with Crippen molar-refractivity contribution in [1.82, 2.24) is 0 Å². The highest BCUT2D eigenvalue weighted by Crippen LogP contribution is 2.43. The van der Waals surface area contributed by atoms with Crippen LogP contribution in [0.15, 0.2) is 30.3 Å². The Kier molecular flexibility index (Phi) is 4.65. The molecule has 1 aromatic carbocycles. The smallest absolute Gasteiger partial charge is 0.437 e. The second-order valence-electron chi connectivity index (χ2n) is 7.08. The van der Waals surface area contributed by atoms with Gasteiger partial charge in [0.2, 0.25) is 0 Å². The van der Waals surface area contributed by atoms with Gasteiger partial charge >= 0.3 is 12.1 Å². The molecule has 1 aliphatic rings. The van der Waals surface area contributed by atoms with Crippen LogP contribution in [0.5, 0.6) is 0 Å². The first-order chi connectivity index (χ1) is 11.0. The summed E-state index contributed by atoms with van der Waals surface area (Å²) in [4.78, 5) is 25.5. The van der Waals surface area contributed by atoms with Crippen molar-refractivity contribution in [2.75, 3.05) is 11.4 Å². The van der Waals surface area contributed by atoms with E-state index in [0.717, 1.165) is 4.90 Å². The molecule has 1 aliphatic heterocycles. The molecule has 0 bridgehead atoms. The van der Waals surface area contributed by atoms with Crippen LogP contribution in [0.4, 0.5) is 18.9 Å². The number of carbonyl (C=O) groups is 2. The minimum atomic E-state index is -4.97. The first kappa shape index (κ1) is 18.3. The molecule has 0 saturated carbocycles. The van der Waals surface area contributed by atoms with E-state index < -0.39 is 35.5 Å². The normalized spacial score (nSPS) is 21.9. The number of nitrogens with zero attached hydrogens (tertiary/aromatic N) is 1. The number of alkyl halides is 3. The van der Waals surface area contributed by atoms with Gasteiger partial charge in [-0.1, -0.05) is 39.0 Å². The van der Waals surface area contributed by atoms with E-state index in [1.807, 2.05) is 0 Å². The lowest BCUT2D eigenvalue weighted by Crippen LogP contribution is -2.55. The first-order valence-electron chi connectivity index (χ1n) is 7.62. The molecular formula is C17H20F3NO3. The summed E-state index contributed by atoms with van der Waals surface area (Å²) >= 11 is 0. The van der Waals surface area contributed by atoms with Gasteiger partial charge in [0.25, 0.3) is 11.5 Å². The number of amides is 1. The molecule has 2 rings (SSSR count). The van der Waals surface area contributed by atoms with Gasteiger partial charge < -0.3 is 9.64 Å². The molecule has 0 aliphatic carbocycles. The molecule has 1 atom stereocenters. The van der Waals surface area contributed by atoms with E-state index in [4.69, 9.17) is 4.74 Å². The van der Waals surface area contributed by atoms with Crippen molar-refractivity contribution >= 4 is 17.6 Å². The van der Waals surface area contributed by atoms with Crippen molar-refractivity contribution in [2.45, 2.75) is 45.4 Å². The van der Waals surface area contributed by atoms with Gasteiger partial charge in [0, 0.05) is 18.7 Å². The lowest BCUT2D eigenvalue weighted by molar-refractivity contribution is -0.258. The molecule has 24 heavy (non-hydrogen) atoms. The van der Waals surface area contributed by atoms with Gasteiger partial charge in [-0.2, -0.15) is 13.2 Å². The van der Waals surface area contributed by atoms with Crippen LogP contribution < -0.4 is 4.90 Å². The highest BCUT2D eigenvalue weighted by molar-refractivity contribution is 6.03. The van der Waals surface area contributed by atoms with Crippen LogP contribution in [0, 0.1) is 5.41 Å². The van der Waals surface area contributed by atoms with Crippen LogP contribution in [0.3, 0.4) is 0 Å². The number of para-hydroxylation sites is 1. The molecule has 0 radical (unpaired) electrons. The highest BCUT2D eigenvalue weighted by Gasteiger charge is 2.68. The molecule has 132 valence electrons. The van der Waals surface area contributed by atoms with Gasteiger partial charge in [-0.3, -0.25) is 9.59 Å². The van der Waals surface area contributed by atoms with Gasteiger partial charge in [0.15, 0.2) is 0 Å². The minimum absolute atomic E-state index is 0.162. The molecular weight excluding hydrogens is 323 g/mol. The summed E-state index contributed by atoms with van der Waals surface area (Å²) in [6.07, 6.45) is -5.79. The van der Waals surface area contributed by atoms with Crippen LogP contribution in [-0.4, -0.2) is 30.2 Å². The van der Waals surface area contributed by atoms with Gasteiger partial charge in [-0.05, 0) is 17.5 Å². The maximum atomic E-state index is 13.6. The number of carbonyl (C=O) groups excluding carboxylic acids is 2. The average Bonchev–Trinajstić information content (AvgIpc) is 2.76. The second-order valence-corrected chi connectivity index (χ2v) is 7.08. The number of hydrogen-bond donors (Lipinski definition) is 0. The van der Waals surface area contributed by atoms with Crippen molar-refractivity contribution in [2.24, 2.45) is 5.41 Å². The second kappa shape index (κ2) is 6.11. The van der Waals surface area contributed by atoms with E-state index >= 15 is 0 Å². The molecule has 1 saturated heterocycles. The van der Waals surface area contributed by atoms with E-state index in [0.29, 0.717) is 5.69 Å². The van der Waals surface area contributed by atoms with Crippen molar-refractivity contribution < 1.29 is 27.5 Å². The fraction of sp³-hybridized carbons (Fsp3) is 0.529. The largest absolute Gasteiger partial charge is 0.439 e. The monoisotopic (exact) mass is 343 g/mol. The third kappa shape index (κ3) is 3.55. The Morgan fingerprint density at radius 2 is 1.79 bits per heavy atom. The molecule has 0 aromatic heterocycles. The molecule has 0 spiro atoms. The van der Waals surface area contributed by atoms with Crippen molar-refractivity contribution in [1.29, 1.82) is 0 Å². The van der Waals surface area contributed by atoms with Crippen molar-refractivity contribution in [3.05, 3.63) is 30.3 Å². The van der Waals surface area contributed by atoms with E-state index in [9.17, 15) is 22.8 Å². The van der Waals surface area contributed by atoms with Gasteiger partial charge in [-0.15, -0.1) is 0 Å². The number of ether oxygens (including phenoxy) is 1. The van der Waals surface area contributed by atoms with Crippen LogP contribution >= 0.6 is 0 Å². The predicted molar refractivity (Wildman–Crippen MR) is 82.4 cm³/mol. The van der Waals surface area contributed by atoms with Crippen molar-refractivity contribution in [3.63, 3.8) is 0 Å². The maximum absolute atomic E-state index is 13.6. The van der Waals surface area contributed by atoms with Crippen LogP contribution in [0.2, 0.25) is 0 Å². The quantitative estimate of drug-likeness (QED) is 0.786. The predicted octanol–water partition coefficient (Wildman–Crippen LogP) is 3.70. The number of anilines is 1. The number of esters is 1. The molecule has 4 nitrogen and oxygen atoms in total. The molecule has 1 heterocycles. The van der Waals surface area contributed by atoms with E-state index in [1.165, 1.54) is 0 Å². The Labute approximate surface area is 138 Å². The lowest BCUT2D eigenvalue weighted by Gasteiger charge is -2.31. The first-order valence-corrected chi connectivity index (χ1v) is 7.62. The Bertz CT molecular complexity index is 622. The third-order valence-corrected chi connectivity index (χ3v) is 3.77. The van der Waals surface area contributed by atoms with E-state index in [-0.39, 0.29) is 13.0 Å². The van der Waals surface area contributed by atoms with E-state index in [1.54, 1.807) is 51.1 Å². The maximum Gasteiger partial charge on any atom is 0.437 e. The molecule has 1 unspecified atom stereocenters. The average molecular weight is 343 g/mol. The fourth-order valence-corrected chi connectivity index (χ4v) is 2.63. The Hall–Kier alpha value is -2.05. The third-order valence-electron chi connectivity index (χ3n) is 3.77. The minimum Gasteiger partial charge on any atom is -0.439 e. The van der Waals surface area contributed by atoms with Crippen LogP contribution in [0.25, 0.3) is 0 Å². The Morgan fingerprint density at radius 1 is 1.21 bits per heavy atom. The number of halogens is 3. The Balaban J connectivity index is 2.30. The SMILES string of the molecule is CC(C)(C)CC(=O)OC1(C(F)(F)F)CCN(c2ccccc2)C1=O. The molecule has 1 aromatic rings. The molecule has 1 fully saturated rings. The van der Waals surface area contributed by atoms with Crippen LogP contribution in [-0.2, 0) is 14.3 Å². The zero-order valence-corrected chi connectivity index (χ0v) is 13.8. The lowest BCUT2D eigenvalue weighted by atomic mass is 9.92. The zero-order valence-electron chi connectivity index (χ0n) is 13.8. The Morgan fingerprint density at radius 3 is 2.29 bits per heavy atom. The topological polar surface area (TPSA) is 46.6 Å². The molecule has 0 N–H and O–H groups in total. The number of hydrogen-bond acceptors (Lipinski definition) is 3. The molecule has 7 heteroatoms. The van der Waals surface area contributed by atoms with E-state index in [2.05, 4.69) is 0 Å². The molecule has 1 amide bonds. The summed E-state index contributed by atoms with van der Waals surface area (Å²) in [6, 6.07) is 8.04. The highest BCUT2D eigenvalue weighted by atomic mass is 19.4. The standard InChI is InChI=1S/C17H20F3NO3/c1-15(2,3)11-13(22)24-16(17(18,19)20)9-10-21(14(16)23)12-7-5-4-6-8-12/h4-8H,9-11H2,1-3H3.